The third kappa shape index (κ3) is 2.87. The predicted octanol–water partition coefficient (Wildman–Crippen LogP) is 6.35. The van der Waals surface area contributed by atoms with Crippen LogP contribution in [0.25, 0.3) is 21.7 Å². The van der Waals surface area contributed by atoms with Crippen LogP contribution >= 0.6 is 0 Å². The third-order valence-electron chi connectivity index (χ3n) is 8.76. The first-order valence-electron chi connectivity index (χ1n) is 12.4. The van der Waals surface area contributed by atoms with Gasteiger partial charge in [0.1, 0.15) is 6.10 Å². The topological polar surface area (TPSA) is 45.1 Å². The van der Waals surface area contributed by atoms with E-state index in [4.69, 9.17) is 4.98 Å². The van der Waals surface area contributed by atoms with E-state index < -0.39 is 6.10 Å². The van der Waals surface area contributed by atoms with Gasteiger partial charge in [-0.15, -0.1) is 0 Å². The molecule has 1 unspecified atom stereocenters. The Morgan fingerprint density at radius 3 is 2.44 bits per heavy atom. The van der Waals surface area contributed by atoms with Crippen molar-refractivity contribution in [2.75, 3.05) is 0 Å². The Kier molecular flexibility index (Phi) is 4.24. The lowest BCUT2D eigenvalue weighted by molar-refractivity contribution is -0.00411. The summed E-state index contributed by atoms with van der Waals surface area (Å²) in [4.78, 5) is 5.37. The Bertz CT molecular complexity index is 1240. The van der Waals surface area contributed by atoms with Crippen molar-refractivity contribution in [2.45, 2.75) is 50.5 Å². The number of hydrogen-bond donors (Lipinski definition) is 2. The molecule has 3 heteroatoms. The number of aliphatic hydroxyl groups is 1. The van der Waals surface area contributed by atoms with Crippen LogP contribution < -0.4 is 5.32 Å². The van der Waals surface area contributed by atoms with Crippen molar-refractivity contribution in [3.05, 3.63) is 77.8 Å². The van der Waals surface area contributed by atoms with E-state index >= 15 is 0 Å². The van der Waals surface area contributed by atoms with Crippen LogP contribution in [-0.4, -0.2) is 10.1 Å². The number of pyridine rings is 1. The number of rotatable bonds is 3. The molecule has 2 N–H and O–H groups in total. The molecule has 2 heterocycles. The molecule has 1 atom stereocenters. The minimum Gasteiger partial charge on any atom is -0.382 e. The van der Waals surface area contributed by atoms with Crippen molar-refractivity contribution in [3.63, 3.8) is 0 Å². The number of dihydropyridines is 1. The predicted molar refractivity (Wildman–Crippen MR) is 129 cm³/mol. The summed E-state index contributed by atoms with van der Waals surface area (Å²) >= 11 is 0. The van der Waals surface area contributed by atoms with Gasteiger partial charge in [0, 0.05) is 28.1 Å². The van der Waals surface area contributed by atoms with E-state index in [-0.39, 0.29) is 0 Å². The number of allylic oxidation sites excluding steroid dienone is 2. The lowest BCUT2D eigenvalue weighted by Gasteiger charge is -2.54. The molecule has 0 spiro atoms. The van der Waals surface area contributed by atoms with Crippen LogP contribution in [0, 0.1) is 23.7 Å². The van der Waals surface area contributed by atoms with Crippen LogP contribution in [0.2, 0.25) is 0 Å². The van der Waals surface area contributed by atoms with Crippen LogP contribution in [0.4, 0.5) is 0 Å². The van der Waals surface area contributed by atoms with Gasteiger partial charge in [0.15, 0.2) is 0 Å². The summed E-state index contributed by atoms with van der Waals surface area (Å²) in [5, 5.41) is 18.3. The van der Waals surface area contributed by atoms with Crippen molar-refractivity contribution >= 4 is 21.7 Å². The minimum atomic E-state index is -0.665. The number of nitrogens with zero attached hydrogens (tertiary/aromatic N) is 1. The summed E-state index contributed by atoms with van der Waals surface area (Å²) < 4.78 is 0. The van der Waals surface area contributed by atoms with Gasteiger partial charge >= 0.3 is 0 Å². The highest BCUT2D eigenvalue weighted by Gasteiger charge is 2.49. The maximum Gasteiger partial charge on any atom is 0.119 e. The molecule has 4 aliphatic carbocycles. The van der Waals surface area contributed by atoms with E-state index in [1.165, 1.54) is 48.6 Å². The molecule has 4 bridgehead atoms. The Morgan fingerprint density at radius 1 is 0.906 bits per heavy atom. The number of fused-ring (bicyclic) bond motifs is 3. The molecule has 3 nitrogen and oxygen atoms in total. The number of aliphatic hydroxyl groups excluding tert-OH is 1. The second kappa shape index (κ2) is 7.18. The first-order chi connectivity index (χ1) is 15.7. The van der Waals surface area contributed by atoms with Crippen LogP contribution in [0.5, 0.6) is 0 Å². The zero-order valence-electron chi connectivity index (χ0n) is 18.4. The quantitative estimate of drug-likeness (QED) is 0.483. The van der Waals surface area contributed by atoms with Gasteiger partial charge in [0.2, 0.25) is 0 Å². The molecule has 0 radical (unpaired) electrons. The Hall–Kier alpha value is -2.65. The third-order valence-corrected chi connectivity index (χ3v) is 8.76. The highest BCUT2D eigenvalue weighted by molar-refractivity contribution is 6.06. The van der Waals surface area contributed by atoms with Crippen LogP contribution in [-0.2, 0) is 0 Å². The number of benzene rings is 2. The highest BCUT2D eigenvalue weighted by atomic mass is 16.3. The van der Waals surface area contributed by atoms with Crippen molar-refractivity contribution in [3.8, 4) is 0 Å². The van der Waals surface area contributed by atoms with Crippen LogP contribution in [0.15, 0.2) is 66.5 Å². The average Bonchev–Trinajstić information content (AvgIpc) is 2.83. The van der Waals surface area contributed by atoms with Crippen LogP contribution in [0.1, 0.15) is 61.8 Å². The largest absolute Gasteiger partial charge is 0.382 e. The van der Waals surface area contributed by atoms with Crippen molar-refractivity contribution in [1.82, 2.24) is 10.3 Å². The fourth-order valence-corrected chi connectivity index (χ4v) is 7.65. The van der Waals surface area contributed by atoms with Crippen molar-refractivity contribution in [2.24, 2.45) is 23.7 Å². The standard InChI is InChI=1S/C29H30N2O/c32-29(25-7-3-4-10-30-25)24-16-26(27-20-12-17-11-18(14-20)15-21(27)13-17)31-28-22-6-2-1-5-19(22)8-9-23(24)28/h1-2,4-10,16-18,20-21,27,29-30,32H,3,11-15H2. The lowest BCUT2D eigenvalue weighted by atomic mass is 9.51. The van der Waals surface area contributed by atoms with E-state index in [0.717, 1.165) is 52.3 Å². The van der Waals surface area contributed by atoms with Gasteiger partial charge in [-0.2, -0.15) is 0 Å². The fraction of sp³-hybridized carbons (Fsp3) is 0.414. The maximum absolute atomic E-state index is 11.5. The molecule has 1 aromatic heterocycles. The van der Waals surface area contributed by atoms with E-state index in [1.54, 1.807) is 0 Å². The molecule has 3 aromatic rings. The molecule has 2 aromatic carbocycles. The molecule has 162 valence electrons. The van der Waals surface area contributed by atoms with Gasteiger partial charge in [-0.25, -0.2) is 0 Å². The molecular formula is C29H30N2O. The molecule has 32 heavy (non-hydrogen) atoms. The van der Waals surface area contributed by atoms with Gasteiger partial charge in [-0.05, 0) is 85.4 Å². The Balaban J connectivity index is 1.43. The van der Waals surface area contributed by atoms with Gasteiger partial charge in [0.25, 0.3) is 0 Å². The second-order valence-electron chi connectivity index (χ2n) is 10.6. The molecule has 1 aliphatic heterocycles. The first-order valence-corrected chi connectivity index (χ1v) is 12.4. The van der Waals surface area contributed by atoms with Crippen molar-refractivity contribution in [1.29, 1.82) is 0 Å². The van der Waals surface area contributed by atoms with E-state index in [2.05, 4.69) is 59.9 Å². The summed E-state index contributed by atoms with van der Waals surface area (Å²) in [5.41, 5.74) is 4.15. The number of hydrogen-bond acceptors (Lipinski definition) is 3. The molecule has 4 saturated carbocycles. The lowest BCUT2D eigenvalue weighted by Crippen LogP contribution is -2.44. The molecule has 0 saturated heterocycles. The fourth-order valence-electron chi connectivity index (χ4n) is 7.65. The normalized spacial score (nSPS) is 31.7. The monoisotopic (exact) mass is 422 g/mol. The Morgan fingerprint density at radius 2 is 1.69 bits per heavy atom. The van der Waals surface area contributed by atoms with E-state index in [1.807, 2.05) is 6.20 Å². The second-order valence-corrected chi connectivity index (χ2v) is 10.6. The summed E-state index contributed by atoms with van der Waals surface area (Å²) in [7, 11) is 0. The Labute approximate surface area is 189 Å². The van der Waals surface area contributed by atoms with E-state index in [9.17, 15) is 5.11 Å². The average molecular weight is 423 g/mol. The van der Waals surface area contributed by atoms with Gasteiger partial charge < -0.3 is 10.4 Å². The SMILES string of the molecule is OC(C1=CCC=CN1)c1cc(C2C3CC4CC(C3)CC2C4)nc2c1ccc1ccccc12. The number of aromatic nitrogens is 1. The zero-order chi connectivity index (χ0) is 21.2. The van der Waals surface area contributed by atoms with E-state index in [0.29, 0.717) is 5.92 Å². The first kappa shape index (κ1) is 18.9. The maximum atomic E-state index is 11.5. The summed E-state index contributed by atoms with van der Waals surface area (Å²) in [5.74, 6) is 3.98. The zero-order valence-corrected chi connectivity index (χ0v) is 18.4. The summed E-state index contributed by atoms with van der Waals surface area (Å²) in [6, 6.07) is 15.1. The summed E-state index contributed by atoms with van der Waals surface area (Å²) in [6.07, 6.45) is 13.3. The molecule has 8 rings (SSSR count). The highest BCUT2D eigenvalue weighted by Crippen LogP contribution is 2.59. The molecular weight excluding hydrogens is 392 g/mol. The molecule has 0 amide bonds. The minimum absolute atomic E-state index is 0.547. The molecule has 5 aliphatic rings. The van der Waals surface area contributed by atoms with Gasteiger partial charge in [-0.3, -0.25) is 4.98 Å². The van der Waals surface area contributed by atoms with Crippen molar-refractivity contribution < 1.29 is 5.11 Å². The van der Waals surface area contributed by atoms with Gasteiger partial charge in [-0.1, -0.05) is 48.6 Å². The summed E-state index contributed by atoms with van der Waals surface area (Å²) in [6.45, 7) is 0. The van der Waals surface area contributed by atoms with Crippen LogP contribution in [0.3, 0.4) is 0 Å². The smallest absolute Gasteiger partial charge is 0.119 e. The molecule has 4 fully saturated rings. The van der Waals surface area contributed by atoms with Gasteiger partial charge in [0.05, 0.1) is 5.52 Å². The number of nitrogens with one attached hydrogen (secondary N) is 1.